The van der Waals surface area contributed by atoms with Crippen molar-refractivity contribution in [3.8, 4) is 0 Å². The predicted octanol–water partition coefficient (Wildman–Crippen LogP) is 0.128. The van der Waals surface area contributed by atoms with Gasteiger partial charge in [0.1, 0.15) is 0 Å². The molecule has 1 aliphatic heterocycles. The van der Waals surface area contributed by atoms with Gasteiger partial charge in [0.05, 0.1) is 12.7 Å². The van der Waals surface area contributed by atoms with Gasteiger partial charge in [-0.15, -0.1) is 0 Å². The van der Waals surface area contributed by atoms with Gasteiger partial charge in [-0.2, -0.15) is 0 Å². The number of aliphatic hydroxyl groups excluding tert-OH is 1. The summed E-state index contributed by atoms with van der Waals surface area (Å²) in [6, 6.07) is 0. The highest BCUT2D eigenvalue weighted by molar-refractivity contribution is 6.37. The maximum atomic E-state index is 8.66. The number of unbranched alkanes of at least 4 members (excludes halogenated alkanes) is 1. The third-order valence-electron chi connectivity index (χ3n) is 2.45. The molecule has 6 heteroatoms. The van der Waals surface area contributed by atoms with E-state index >= 15 is 0 Å². The zero-order chi connectivity index (χ0) is 11.8. The molecule has 1 aliphatic rings. The molecule has 0 saturated carbocycles. The number of nitrogens with zero attached hydrogens (tertiary/aromatic N) is 1. The summed E-state index contributed by atoms with van der Waals surface area (Å²) in [5, 5.41) is 8.66. The van der Waals surface area contributed by atoms with Gasteiger partial charge in [-0.05, 0) is 33.4 Å². The minimum atomic E-state index is -0.501. The number of aliphatic hydroxyl groups is 1. The highest BCUT2D eigenvalue weighted by atomic mass is 16.8. The molecule has 0 amide bonds. The van der Waals surface area contributed by atoms with Crippen LogP contribution >= 0.6 is 0 Å². The van der Waals surface area contributed by atoms with Crippen molar-refractivity contribution in [1.29, 1.82) is 0 Å². The molecule has 0 aliphatic carbocycles. The summed E-state index contributed by atoms with van der Waals surface area (Å²) in [4.78, 5) is 2.05. The Morgan fingerprint density at radius 3 is 2.94 bits per heavy atom. The summed E-state index contributed by atoms with van der Waals surface area (Å²) in [5.41, 5.74) is 0. The van der Waals surface area contributed by atoms with Crippen molar-refractivity contribution in [2.24, 2.45) is 0 Å². The summed E-state index contributed by atoms with van der Waals surface area (Å²) >= 11 is 0. The van der Waals surface area contributed by atoms with Gasteiger partial charge in [0.25, 0.3) is 0 Å². The van der Waals surface area contributed by atoms with E-state index in [2.05, 4.69) is 0 Å². The van der Waals surface area contributed by atoms with Crippen LogP contribution in [0, 0.1) is 0 Å². The van der Waals surface area contributed by atoms with Crippen LogP contribution in [0.15, 0.2) is 0 Å². The lowest BCUT2D eigenvalue weighted by Crippen LogP contribution is -2.26. The summed E-state index contributed by atoms with van der Waals surface area (Å²) in [5.74, 6) is 0. The standard InChI is InChI=1S/C10H22BNO4/c1-12(2)6-8-14-11-15-9-10(16-11)5-3-4-7-13/h10,13H,3-9H2,1-2H3. The zero-order valence-electron chi connectivity index (χ0n) is 10.2. The van der Waals surface area contributed by atoms with Crippen molar-refractivity contribution >= 4 is 7.32 Å². The molecule has 0 bridgehead atoms. The van der Waals surface area contributed by atoms with E-state index in [1.165, 1.54) is 0 Å². The Balaban J connectivity index is 2.01. The van der Waals surface area contributed by atoms with Gasteiger partial charge in [-0.25, -0.2) is 0 Å². The van der Waals surface area contributed by atoms with Crippen molar-refractivity contribution in [2.45, 2.75) is 25.4 Å². The molecule has 1 rings (SSSR count). The fourth-order valence-electron chi connectivity index (χ4n) is 1.48. The molecule has 1 fully saturated rings. The van der Waals surface area contributed by atoms with Gasteiger partial charge in [0.15, 0.2) is 0 Å². The first kappa shape index (κ1) is 13.9. The van der Waals surface area contributed by atoms with E-state index in [9.17, 15) is 0 Å². The van der Waals surface area contributed by atoms with E-state index in [-0.39, 0.29) is 12.7 Å². The van der Waals surface area contributed by atoms with Crippen LogP contribution in [-0.2, 0) is 14.0 Å². The van der Waals surface area contributed by atoms with Crippen molar-refractivity contribution in [3.63, 3.8) is 0 Å². The second-order valence-corrected chi connectivity index (χ2v) is 4.27. The molecule has 0 aromatic rings. The highest BCUT2D eigenvalue weighted by Gasteiger charge is 2.33. The van der Waals surface area contributed by atoms with Gasteiger partial charge < -0.3 is 24.0 Å². The molecule has 0 spiro atoms. The summed E-state index contributed by atoms with van der Waals surface area (Å²) in [7, 11) is 3.49. The summed E-state index contributed by atoms with van der Waals surface area (Å²) in [6.07, 6.45) is 2.84. The number of hydrogen-bond donors (Lipinski definition) is 1. The van der Waals surface area contributed by atoms with Crippen LogP contribution in [0.25, 0.3) is 0 Å². The first-order chi connectivity index (χ1) is 7.72. The Hall–Kier alpha value is -0.135. The average Bonchev–Trinajstić information content (AvgIpc) is 2.66. The van der Waals surface area contributed by atoms with E-state index in [0.717, 1.165) is 25.8 Å². The second kappa shape index (κ2) is 8.03. The van der Waals surface area contributed by atoms with Gasteiger partial charge in [0, 0.05) is 19.8 Å². The number of likely N-dealkylation sites (N-methyl/N-ethyl adjacent to an activating group) is 1. The number of hydrogen-bond acceptors (Lipinski definition) is 5. The highest BCUT2D eigenvalue weighted by Crippen LogP contribution is 2.14. The molecule has 1 atom stereocenters. The topological polar surface area (TPSA) is 51.2 Å². The average molecular weight is 231 g/mol. The lowest BCUT2D eigenvalue weighted by molar-refractivity contribution is 0.144. The normalized spacial score (nSPS) is 21.0. The number of rotatable bonds is 8. The smallest absolute Gasteiger partial charge is 0.396 e. The largest absolute Gasteiger partial charge is 0.639 e. The Morgan fingerprint density at radius 2 is 2.25 bits per heavy atom. The summed E-state index contributed by atoms with van der Waals surface area (Å²) in [6.45, 7) is 2.31. The molecule has 16 heavy (non-hydrogen) atoms. The van der Waals surface area contributed by atoms with Crippen LogP contribution in [0.1, 0.15) is 19.3 Å². The molecule has 1 N–H and O–H groups in total. The predicted molar refractivity (Wildman–Crippen MR) is 62.0 cm³/mol. The van der Waals surface area contributed by atoms with E-state index in [0.29, 0.717) is 13.2 Å². The van der Waals surface area contributed by atoms with E-state index in [1.807, 2.05) is 19.0 Å². The molecule has 0 radical (unpaired) electrons. The Morgan fingerprint density at radius 1 is 1.44 bits per heavy atom. The monoisotopic (exact) mass is 231 g/mol. The maximum Gasteiger partial charge on any atom is 0.639 e. The van der Waals surface area contributed by atoms with Crippen molar-refractivity contribution in [1.82, 2.24) is 4.90 Å². The first-order valence-corrected chi connectivity index (χ1v) is 5.86. The van der Waals surface area contributed by atoms with Crippen LogP contribution in [0.5, 0.6) is 0 Å². The van der Waals surface area contributed by atoms with Crippen LogP contribution in [0.2, 0.25) is 0 Å². The van der Waals surface area contributed by atoms with Gasteiger partial charge in [-0.1, -0.05) is 0 Å². The molecular formula is C10H22BNO4. The van der Waals surface area contributed by atoms with Crippen molar-refractivity contribution in [3.05, 3.63) is 0 Å². The SMILES string of the molecule is CN(C)CCOB1OCC(CCCCO)O1. The fraction of sp³-hybridized carbons (Fsp3) is 1.00. The third kappa shape index (κ3) is 5.82. The molecule has 94 valence electrons. The van der Waals surface area contributed by atoms with Gasteiger partial charge in [0.2, 0.25) is 0 Å². The van der Waals surface area contributed by atoms with Crippen molar-refractivity contribution < 1.29 is 19.1 Å². The third-order valence-corrected chi connectivity index (χ3v) is 2.45. The van der Waals surface area contributed by atoms with E-state index < -0.39 is 7.32 Å². The minimum Gasteiger partial charge on any atom is -0.396 e. The van der Waals surface area contributed by atoms with Crippen molar-refractivity contribution in [2.75, 3.05) is 40.5 Å². The maximum absolute atomic E-state index is 8.66. The van der Waals surface area contributed by atoms with Gasteiger partial charge >= 0.3 is 7.32 Å². The molecule has 1 unspecified atom stereocenters. The zero-order valence-corrected chi connectivity index (χ0v) is 10.2. The first-order valence-electron chi connectivity index (χ1n) is 5.86. The molecule has 5 nitrogen and oxygen atoms in total. The summed E-state index contributed by atoms with van der Waals surface area (Å²) < 4.78 is 16.3. The van der Waals surface area contributed by atoms with Gasteiger partial charge in [-0.3, -0.25) is 0 Å². The lowest BCUT2D eigenvalue weighted by atomic mass is 10.1. The van der Waals surface area contributed by atoms with E-state index in [1.54, 1.807) is 0 Å². The Bertz CT molecular complexity index is 182. The lowest BCUT2D eigenvalue weighted by Gasteiger charge is -2.11. The molecule has 0 aromatic carbocycles. The molecule has 1 saturated heterocycles. The quantitative estimate of drug-likeness (QED) is 0.475. The van der Waals surface area contributed by atoms with E-state index in [4.69, 9.17) is 19.1 Å². The molecular weight excluding hydrogens is 209 g/mol. The molecule has 1 heterocycles. The molecule has 0 aromatic heterocycles. The Labute approximate surface area is 97.8 Å². The van der Waals surface area contributed by atoms with Crippen LogP contribution in [0.3, 0.4) is 0 Å². The fourth-order valence-corrected chi connectivity index (χ4v) is 1.48. The minimum absolute atomic E-state index is 0.121. The van der Waals surface area contributed by atoms with Crippen LogP contribution < -0.4 is 0 Å². The van der Waals surface area contributed by atoms with Crippen LogP contribution in [-0.4, -0.2) is 63.9 Å². The Kier molecular flexibility index (Phi) is 6.99. The van der Waals surface area contributed by atoms with Crippen LogP contribution in [0.4, 0.5) is 0 Å². The second-order valence-electron chi connectivity index (χ2n) is 4.27.